The van der Waals surface area contributed by atoms with Gasteiger partial charge in [0.25, 0.3) is 5.91 Å². The molecule has 2 aromatic carbocycles. The minimum absolute atomic E-state index is 0.0537. The molecule has 4 rings (SSSR count). The molecule has 2 heterocycles. The number of aliphatic hydroxyl groups is 2. The Hall–Kier alpha value is -3.05. The number of nitrogens with one attached hydrogen (secondary N) is 1. The van der Waals surface area contributed by atoms with Gasteiger partial charge in [-0.15, -0.1) is 11.3 Å². The molecule has 0 saturated carbocycles. The van der Waals surface area contributed by atoms with Gasteiger partial charge in [-0.1, -0.05) is 12.1 Å². The summed E-state index contributed by atoms with van der Waals surface area (Å²) in [5.41, 5.74) is 4.60. The highest BCUT2D eigenvalue weighted by atomic mass is 79.9. The summed E-state index contributed by atoms with van der Waals surface area (Å²) < 4.78 is 5.92. The van der Waals surface area contributed by atoms with Crippen LogP contribution in [0.15, 0.2) is 46.3 Å². The van der Waals surface area contributed by atoms with Crippen molar-refractivity contribution in [2.45, 2.75) is 6.92 Å². The van der Waals surface area contributed by atoms with Gasteiger partial charge >= 0.3 is 6.09 Å². The average Bonchev–Trinajstić information content (AvgIpc) is 3.38. The number of halogens is 1. The number of ether oxygens (including phenoxy) is 1. The molecule has 1 aromatic heterocycles. The second-order valence-corrected chi connectivity index (χ2v) is 9.43. The number of carbonyl (C=O) groups is 2. The Morgan fingerprint density at radius 3 is 2.62 bits per heavy atom. The maximum atomic E-state index is 12.7. The lowest BCUT2D eigenvalue weighted by atomic mass is 10.0. The summed E-state index contributed by atoms with van der Waals surface area (Å²) in [7, 11) is 0. The van der Waals surface area contributed by atoms with Gasteiger partial charge in [-0.2, -0.15) is 0 Å². The Balaban J connectivity index is 1.59. The van der Waals surface area contributed by atoms with E-state index in [1.807, 2.05) is 30.5 Å². The van der Waals surface area contributed by atoms with Crippen LogP contribution in [0.25, 0.3) is 22.9 Å². The molecule has 8 nitrogen and oxygen atoms in total. The summed E-state index contributed by atoms with van der Waals surface area (Å²) in [6.07, 6.45) is 1.10. The Kier molecular flexibility index (Phi) is 7.42. The van der Waals surface area contributed by atoms with Crippen molar-refractivity contribution in [3.63, 3.8) is 0 Å². The van der Waals surface area contributed by atoms with E-state index in [1.165, 1.54) is 4.90 Å². The predicted molar refractivity (Wildman–Crippen MR) is 135 cm³/mol. The van der Waals surface area contributed by atoms with Gasteiger partial charge in [-0.3, -0.25) is 4.79 Å². The summed E-state index contributed by atoms with van der Waals surface area (Å²) in [6, 6.07) is 10.9. The van der Waals surface area contributed by atoms with Gasteiger partial charge in [0.15, 0.2) is 0 Å². The summed E-state index contributed by atoms with van der Waals surface area (Å²) in [5.74, 6) is 0.0855. The first-order valence-electron chi connectivity index (χ1n) is 10.5. The van der Waals surface area contributed by atoms with Crippen LogP contribution in [-0.2, 0) is 4.79 Å². The first-order chi connectivity index (χ1) is 16.4. The lowest BCUT2D eigenvalue weighted by Gasteiger charge is -2.20. The number of carbonyl (C=O) groups excluding carboxylic acids is 2. The van der Waals surface area contributed by atoms with Gasteiger partial charge in [0, 0.05) is 40.9 Å². The van der Waals surface area contributed by atoms with Gasteiger partial charge in [0.05, 0.1) is 28.4 Å². The number of aromatic nitrogens is 1. The number of aliphatic hydroxyl groups excluding tert-OH is 2. The third kappa shape index (κ3) is 5.20. The highest BCUT2D eigenvalue weighted by Gasteiger charge is 2.25. The molecule has 0 radical (unpaired) electrons. The highest BCUT2D eigenvalue weighted by Crippen LogP contribution is 2.37. The van der Waals surface area contributed by atoms with E-state index < -0.39 is 6.09 Å². The number of amides is 2. The fourth-order valence-corrected chi connectivity index (χ4v) is 4.64. The second-order valence-electron chi connectivity index (χ2n) is 7.52. The molecule has 3 aromatic rings. The van der Waals surface area contributed by atoms with Crippen LogP contribution in [0.3, 0.4) is 0 Å². The van der Waals surface area contributed by atoms with Crippen molar-refractivity contribution in [2.24, 2.45) is 0 Å². The maximum Gasteiger partial charge on any atom is 0.415 e. The van der Waals surface area contributed by atoms with Crippen molar-refractivity contribution in [3.8, 4) is 17.0 Å². The fraction of sp³-hybridized carbons (Fsp3) is 0.208. The largest absolute Gasteiger partial charge is 0.415 e. The summed E-state index contributed by atoms with van der Waals surface area (Å²) in [6.45, 7) is 1.58. The third-order valence-corrected chi connectivity index (χ3v) is 6.57. The van der Waals surface area contributed by atoms with E-state index in [1.54, 1.807) is 35.6 Å². The zero-order valence-corrected chi connectivity index (χ0v) is 20.6. The Morgan fingerprint density at radius 1 is 1.21 bits per heavy atom. The second kappa shape index (κ2) is 10.5. The highest BCUT2D eigenvalue weighted by molar-refractivity contribution is 9.10. The van der Waals surface area contributed by atoms with E-state index in [2.05, 4.69) is 26.2 Å². The molecule has 2 amide bonds. The molecule has 0 aliphatic carbocycles. The zero-order chi connectivity index (χ0) is 24.2. The Labute approximate surface area is 208 Å². The van der Waals surface area contributed by atoms with Crippen LogP contribution < -0.4 is 10.1 Å². The van der Waals surface area contributed by atoms with Crippen molar-refractivity contribution < 1.29 is 24.5 Å². The van der Waals surface area contributed by atoms with Gasteiger partial charge in [0.1, 0.15) is 5.75 Å². The van der Waals surface area contributed by atoms with Crippen LogP contribution >= 0.6 is 27.3 Å². The molecule has 3 N–H and O–H groups in total. The maximum absolute atomic E-state index is 12.7. The van der Waals surface area contributed by atoms with Crippen molar-refractivity contribution >= 4 is 56.6 Å². The fourth-order valence-electron chi connectivity index (χ4n) is 3.54. The minimum Gasteiger partial charge on any atom is -0.409 e. The lowest BCUT2D eigenvalue weighted by molar-refractivity contribution is -0.110. The van der Waals surface area contributed by atoms with Crippen LogP contribution in [0, 0.1) is 6.92 Å². The van der Waals surface area contributed by atoms with Crippen LogP contribution in [0.2, 0.25) is 0 Å². The molecule has 1 aliphatic rings. The topological polar surface area (TPSA) is 112 Å². The van der Waals surface area contributed by atoms with E-state index >= 15 is 0 Å². The Bertz CT molecular complexity index is 1270. The van der Waals surface area contributed by atoms with Crippen molar-refractivity contribution in [1.29, 1.82) is 0 Å². The summed E-state index contributed by atoms with van der Waals surface area (Å²) in [5, 5.41) is 24.0. The first kappa shape index (κ1) is 24.1. The number of thiazole rings is 1. The normalized spacial score (nSPS) is 13.6. The standard InChI is InChI=1S/C24H22BrN3O5S/c1-14-26-21(13-34-14)16-3-4-20-17(12-16)18(23(31)27-20)10-15-2-5-22(19(25)11-15)33-24(32)28(6-8-29)7-9-30/h2-5,10-13,29-30H,6-9H2,1H3,(H,27,31)/b18-10-. The average molecular weight is 544 g/mol. The number of benzene rings is 2. The molecular formula is C24H22BrN3O5S. The number of aryl methyl sites for hydroxylation is 1. The number of anilines is 1. The minimum atomic E-state index is -0.677. The van der Waals surface area contributed by atoms with E-state index in [4.69, 9.17) is 14.9 Å². The van der Waals surface area contributed by atoms with Crippen molar-refractivity contribution in [3.05, 3.63) is 62.4 Å². The first-order valence-corrected chi connectivity index (χ1v) is 12.1. The SMILES string of the molecule is Cc1nc(-c2ccc3c(c2)/C(=C/c2ccc(OC(=O)N(CCO)CCO)c(Br)c2)C(=O)N3)cs1. The van der Waals surface area contributed by atoms with Gasteiger partial charge in [-0.25, -0.2) is 9.78 Å². The number of nitrogens with zero attached hydrogens (tertiary/aromatic N) is 2. The van der Waals surface area contributed by atoms with Crippen LogP contribution in [0.4, 0.5) is 10.5 Å². The van der Waals surface area contributed by atoms with Gasteiger partial charge in [-0.05, 0) is 58.8 Å². The predicted octanol–water partition coefficient (Wildman–Crippen LogP) is 4.16. The smallest absolute Gasteiger partial charge is 0.409 e. The molecular weight excluding hydrogens is 522 g/mol. The molecule has 0 bridgehead atoms. The van der Waals surface area contributed by atoms with E-state index in [9.17, 15) is 9.59 Å². The third-order valence-electron chi connectivity index (χ3n) is 5.18. The molecule has 0 saturated heterocycles. The van der Waals surface area contributed by atoms with E-state index in [-0.39, 0.29) is 38.0 Å². The van der Waals surface area contributed by atoms with Gasteiger partial charge in [0.2, 0.25) is 0 Å². The molecule has 0 spiro atoms. The lowest BCUT2D eigenvalue weighted by Crippen LogP contribution is -2.37. The Morgan fingerprint density at radius 2 is 1.97 bits per heavy atom. The van der Waals surface area contributed by atoms with Crippen LogP contribution in [0.5, 0.6) is 5.75 Å². The zero-order valence-electron chi connectivity index (χ0n) is 18.2. The number of hydrogen-bond acceptors (Lipinski definition) is 7. The van der Waals surface area contributed by atoms with E-state index in [0.717, 1.165) is 33.1 Å². The van der Waals surface area contributed by atoms with Crippen molar-refractivity contribution in [1.82, 2.24) is 9.88 Å². The number of rotatable bonds is 7. The number of hydrogen-bond donors (Lipinski definition) is 3. The van der Waals surface area contributed by atoms with Crippen LogP contribution in [0.1, 0.15) is 16.1 Å². The van der Waals surface area contributed by atoms with Gasteiger partial charge < -0.3 is 25.2 Å². The number of fused-ring (bicyclic) bond motifs is 1. The summed E-state index contributed by atoms with van der Waals surface area (Å²) in [4.78, 5) is 30.7. The molecule has 1 aliphatic heterocycles. The monoisotopic (exact) mass is 543 g/mol. The molecule has 176 valence electrons. The molecule has 10 heteroatoms. The van der Waals surface area contributed by atoms with E-state index in [0.29, 0.717) is 10.0 Å². The quantitative estimate of drug-likeness (QED) is 0.386. The molecule has 0 fully saturated rings. The van der Waals surface area contributed by atoms with Crippen molar-refractivity contribution in [2.75, 3.05) is 31.6 Å². The molecule has 0 unspecified atom stereocenters. The summed E-state index contributed by atoms with van der Waals surface area (Å²) >= 11 is 4.99. The molecule has 0 atom stereocenters. The molecule has 34 heavy (non-hydrogen) atoms. The van der Waals surface area contributed by atoms with Crippen LogP contribution in [-0.4, -0.2) is 58.4 Å².